The Hall–Kier alpha value is -2.09. The van der Waals surface area contributed by atoms with Crippen molar-refractivity contribution >= 4 is 5.97 Å². The number of carboxylic acid groups (broad SMARTS) is 1. The maximum atomic E-state index is 11.0. The number of benzene rings is 2. The molecule has 2 nitrogen and oxygen atoms in total. The summed E-state index contributed by atoms with van der Waals surface area (Å²) < 4.78 is 0. The highest BCUT2D eigenvalue weighted by Gasteiger charge is 2.09. The van der Waals surface area contributed by atoms with Crippen molar-refractivity contribution in [3.05, 3.63) is 60.2 Å². The van der Waals surface area contributed by atoms with E-state index in [2.05, 4.69) is 0 Å². The van der Waals surface area contributed by atoms with Crippen molar-refractivity contribution in [1.29, 1.82) is 0 Å². The highest BCUT2D eigenvalue weighted by atomic mass is 16.5. The number of hydrogen-bond acceptors (Lipinski definition) is 1. The molecule has 0 atom stereocenters. The molecular formula is C13H10O2. The fraction of sp³-hybridized carbons (Fsp3) is 0. The molecule has 0 saturated heterocycles. The molecule has 0 aliphatic carbocycles. The molecule has 0 fully saturated rings. The van der Waals surface area contributed by atoms with E-state index in [0.717, 1.165) is 11.1 Å². The van der Waals surface area contributed by atoms with Crippen molar-refractivity contribution in [3.8, 4) is 11.1 Å². The third kappa shape index (κ3) is 1.89. The van der Waals surface area contributed by atoms with E-state index >= 15 is 0 Å². The van der Waals surface area contributed by atoms with Gasteiger partial charge in [0, 0.05) is 0 Å². The van der Waals surface area contributed by atoms with Gasteiger partial charge in [0.25, 0.3) is 0 Å². The van der Waals surface area contributed by atoms with Crippen LogP contribution in [0, 0.1) is 0 Å². The van der Waals surface area contributed by atoms with Gasteiger partial charge in [-0.3, -0.25) is 0 Å². The summed E-state index contributed by atoms with van der Waals surface area (Å²) in [6.07, 6.45) is 0. The second-order valence-corrected chi connectivity index (χ2v) is 3.22. The van der Waals surface area contributed by atoms with E-state index in [-0.39, 0.29) is 0 Å². The first-order chi connectivity index (χ1) is 7.29. The lowest BCUT2D eigenvalue weighted by atomic mass is 10.0. The molecule has 0 bridgehead atoms. The van der Waals surface area contributed by atoms with E-state index < -0.39 is 5.97 Å². The number of carbonyl (C=O) groups is 1. The van der Waals surface area contributed by atoms with Crippen LogP contribution in [0.3, 0.4) is 0 Å². The van der Waals surface area contributed by atoms with Crippen LogP contribution in [0.4, 0.5) is 0 Å². The molecule has 2 aromatic rings. The van der Waals surface area contributed by atoms with Gasteiger partial charge in [0.1, 0.15) is 0 Å². The predicted molar refractivity (Wildman–Crippen MR) is 58.8 cm³/mol. The Kier molecular flexibility index (Phi) is 2.50. The third-order valence-electron chi connectivity index (χ3n) is 2.24. The second kappa shape index (κ2) is 3.96. The van der Waals surface area contributed by atoms with E-state index in [0.29, 0.717) is 5.56 Å². The number of carboxylic acids is 1. The lowest BCUT2D eigenvalue weighted by Gasteiger charge is -2.05. The van der Waals surface area contributed by atoms with Crippen LogP contribution < -0.4 is 0 Å². The van der Waals surface area contributed by atoms with Gasteiger partial charge in [0.15, 0.2) is 0 Å². The van der Waals surface area contributed by atoms with Crippen LogP contribution in [0.25, 0.3) is 11.1 Å². The van der Waals surface area contributed by atoms with Gasteiger partial charge in [-0.2, -0.15) is 0 Å². The average molecular weight is 199 g/mol. The normalized spacial score (nSPS) is 9.87. The predicted octanol–water partition coefficient (Wildman–Crippen LogP) is 3.05. The minimum absolute atomic E-state index is 0.337. The Bertz CT molecular complexity index is 475. The zero-order valence-corrected chi connectivity index (χ0v) is 8.05. The standard InChI is InChI=1S/C13H10O2/c14-13(15)12-9-5-4-8-11(12)10-6-2-1-3-7-10/h1-9H,(H,14,15)/i13+1. The molecule has 15 heavy (non-hydrogen) atoms. The second-order valence-electron chi connectivity index (χ2n) is 3.22. The van der Waals surface area contributed by atoms with Gasteiger partial charge >= 0.3 is 5.97 Å². The molecule has 74 valence electrons. The molecule has 2 aromatic carbocycles. The lowest BCUT2D eigenvalue weighted by molar-refractivity contribution is 0.0698. The summed E-state index contributed by atoms with van der Waals surface area (Å²) in [5, 5.41) is 9.03. The minimum Gasteiger partial charge on any atom is -0.478 e. The van der Waals surface area contributed by atoms with Crippen molar-refractivity contribution in [2.75, 3.05) is 0 Å². The lowest BCUT2D eigenvalue weighted by Crippen LogP contribution is -1.98. The number of hydrogen-bond donors (Lipinski definition) is 1. The van der Waals surface area contributed by atoms with Crippen molar-refractivity contribution in [3.63, 3.8) is 0 Å². The van der Waals surface area contributed by atoms with Crippen LogP contribution >= 0.6 is 0 Å². The molecule has 0 spiro atoms. The van der Waals surface area contributed by atoms with Crippen LogP contribution in [-0.2, 0) is 0 Å². The molecule has 0 unspecified atom stereocenters. The molecule has 1 N–H and O–H groups in total. The van der Waals surface area contributed by atoms with Gasteiger partial charge in [-0.25, -0.2) is 4.79 Å². The van der Waals surface area contributed by atoms with Crippen LogP contribution in [0.2, 0.25) is 0 Å². The highest BCUT2D eigenvalue weighted by Crippen LogP contribution is 2.22. The van der Waals surface area contributed by atoms with E-state index in [1.807, 2.05) is 42.5 Å². The Morgan fingerprint density at radius 2 is 1.47 bits per heavy atom. The summed E-state index contributed by atoms with van der Waals surface area (Å²) in [6, 6.07) is 16.5. The molecule has 0 saturated carbocycles. The first-order valence-electron chi connectivity index (χ1n) is 4.67. The first-order valence-corrected chi connectivity index (χ1v) is 4.67. The Labute approximate surface area is 87.8 Å². The molecule has 0 aliphatic rings. The fourth-order valence-electron chi connectivity index (χ4n) is 1.54. The van der Waals surface area contributed by atoms with Crippen molar-refractivity contribution in [1.82, 2.24) is 0 Å². The summed E-state index contributed by atoms with van der Waals surface area (Å²) >= 11 is 0. The molecule has 0 aromatic heterocycles. The van der Waals surface area contributed by atoms with Gasteiger partial charge in [-0.05, 0) is 17.2 Å². The Balaban J connectivity index is 2.58. The highest BCUT2D eigenvalue weighted by molar-refractivity contribution is 5.95. The molecule has 2 heteroatoms. The molecular weight excluding hydrogens is 189 g/mol. The van der Waals surface area contributed by atoms with Gasteiger partial charge < -0.3 is 5.11 Å². The maximum Gasteiger partial charge on any atom is 0.336 e. The summed E-state index contributed by atoms with van der Waals surface area (Å²) in [5.74, 6) is -0.894. The summed E-state index contributed by atoms with van der Waals surface area (Å²) in [5.41, 5.74) is 2.02. The first kappa shape index (κ1) is 9.46. The molecule has 0 heterocycles. The smallest absolute Gasteiger partial charge is 0.336 e. The summed E-state index contributed by atoms with van der Waals surface area (Å²) in [4.78, 5) is 11.0. The van der Waals surface area contributed by atoms with Crippen molar-refractivity contribution < 1.29 is 9.90 Å². The van der Waals surface area contributed by atoms with Crippen LogP contribution in [0.1, 0.15) is 10.4 Å². The largest absolute Gasteiger partial charge is 0.478 e. The van der Waals surface area contributed by atoms with Crippen LogP contribution in [0.5, 0.6) is 0 Å². The summed E-state index contributed by atoms with van der Waals surface area (Å²) in [7, 11) is 0. The monoisotopic (exact) mass is 199 g/mol. The molecule has 0 radical (unpaired) electrons. The number of rotatable bonds is 2. The maximum absolute atomic E-state index is 11.0. The van der Waals surface area contributed by atoms with Crippen molar-refractivity contribution in [2.24, 2.45) is 0 Å². The molecule has 0 amide bonds. The molecule has 2 rings (SSSR count). The summed E-state index contributed by atoms with van der Waals surface area (Å²) in [6.45, 7) is 0. The van der Waals surface area contributed by atoms with Crippen molar-refractivity contribution in [2.45, 2.75) is 0 Å². The van der Waals surface area contributed by atoms with Gasteiger partial charge in [-0.1, -0.05) is 48.5 Å². The Morgan fingerprint density at radius 1 is 0.867 bits per heavy atom. The number of aromatic carboxylic acids is 1. The zero-order valence-electron chi connectivity index (χ0n) is 8.05. The quantitative estimate of drug-likeness (QED) is 0.755. The van der Waals surface area contributed by atoms with Gasteiger partial charge in [0.05, 0.1) is 5.56 Å². The zero-order chi connectivity index (χ0) is 10.7. The Morgan fingerprint density at radius 3 is 2.13 bits per heavy atom. The SMILES string of the molecule is O=[13C](O)c1ccccc1-c1ccccc1. The van der Waals surface area contributed by atoms with Crippen LogP contribution in [-0.4, -0.2) is 11.1 Å². The van der Waals surface area contributed by atoms with Crippen LogP contribution in [0.15, 0.2) is 54.6 Å². The topological polar surface area (TPSA) is 37.3 Å². The van der Waals surface area contributed by atoms with Gasteiger partial charge in [0.2, 0.25) is 0 Å². The third-order valence-corrected chi connectivity index (χ3v) is 2.24. The van der Waals surface area contributed by atoms with E-state index in [4.69, 9.17) is 5.11 Å². The van der Waals surface area contributed by atoms with Gasteiger partial charge in [-0.15, -0.1) is 0 Å². The fourth-order valence-corrected chi connectivity index (χ4v) is 1.54. The average Bonchev–Trinajstić information content (AvgIpc) is 2.30. The van der Waals surface area contributed by atoms with E-state index in [9.17, 15) is 4.79 Å². The van der Waals surface area contributed by atoms with E-state index in [1.165, 1.54) is 0 Å². The minimum atomic E-state index is -0.894. The van der Waals surface area contributed by atoms with E-state index in [1.54, 1.807) is 12.1 Å². The molecule has 0 aliphatic heterocycles.